The largest absolute Gasteiger partial charge is 0.355 e. The van der Waals surface area contributed by atoms with Gasteiger partial charge in [-0.25, -0.2) is 4.68 Å². The smallest absolute Gasteiger partial charge is 0.0950 e. The Kier molecular flexibility index (Phi) is 7.37. The molecule has 2 aromatic heterocycles. The number of benzene rings is 6. The normalized spacial score (nSPS) is 12.8. The summed E-state index contributed by atoms with van der Waals surface area (Å²) in [6, 6.07) is 42.4. The van der Waals surface area contributed by atoms with Crippen LogP contribution in [0, 0.1) is 41.5 Å². The molecule has 5 heteroatoms. The topological polar surface area (TPSA) is 29.2 Å². The van der Waals surface area contributed by atoms with Crippen LogP contribution in [0.1, 0.15) is 33.4 Å². The molecule has 52 heavy (non-hydrogen) atoms. The molecular weight excluding hydrogens is 635 g/mol. The molecule has 0 N–H and O–H groups in total. The van der Waals surface area contributed by atoms with E-state index >= 15 is 0 Å². The van der Waals surface area contributed by atoms with Gasteiger partial charge in [-0.05, 0) is 118 Å². The lowest BCUT2D eigenvalue weighted by atomic mass is 9.89. The number of aromatic nitrogens is 3. The third-order valence-electron chi connectivity index (χ3n) is 10.9. The highest BCUT2D eigenvalue weighted by molar-refractivity contribution is 6.10. The van der Waals surface area contributed by atoms with E-state index in [9.17, 15) is 0 Å². The first-order valence-electron chi connectivity index (χ1n) is 18.1. The Labute approximate surface area is 306 Å². The van der Waals surface area contributed by atoms with E-state index in [2.05, 4.69) is 189 Å². The summed E-state index contributed by atoms with van der Waals surface area (Å²) in [6.45, 7) is 14.1. The second-order valence-corrected chi connectivity index (χ2v) is 14.7. The molecule has 0 fully saturated rings. The van der Waals surface area contributed by atoms with Gasteiger partial charge in [0.05, 0.1) is 46.7 Å². The average molecular weight is 678 g/mol. The fourth-order valence-corrected chi connectivity index (χ4v) is 8.90. The lowest BCUT2D eigenvalue weighted by Crippen LogP contribution is -2.24. The summed E-state index contributed by atoms with van der Waals surface area (Å²) in [5.41, 5.74) is 20.5. The fourth-order valence-electron chi connectivity index (χ4n) is 8.90. The molecule has 0 radical (unpaired) electrons. The van der Waals surface area contributed by atoms with E-state index in [1.54, 1.807) is 0 Å². The van der Waals surface area contributed by atoms with Crippen molar-refractivity contribution in [1.29, 1.82) is 0 Å². The van der Waals surface area contributed by atoms with Crippen molar-refractivity contribution >= 4 is 38.9 Å². The van der Waals surface area contributed by atoms with Gasteiger partial charge in [0.1, 0.15) is 0 Å². The molecule has 0 saturated carbocycles. The molecule has 6 aromatic carbocycles. The molecule has 0 amide bonds. The predicted molar refractivity (Wildman–Crippen MR) is 219 cm³/mol. The average Bonchev–Trinajstić information content (AvgIpc) is 3.79. The van der Waals surface area contributed by atoms with Crippen molar-refractivity contribution in [2.75, 3.05) is 23.5 Å². The molecular formula is C47H43N5. The molecule has 0 atom stereocenters. The van der Waals surface area contributed by atoms with E-state index in [4.69, 9.17) is 5.10 Å². The number of nitrogens with zero attached hydrogens (tertiary/aromatic N) is 5. The summed E-state index contributed by atoms with van der Waals surface area (Å²) in [7, 11) is 2.16. The predicted octanol–water partition coefficient (Wildman–Crippen LogP) is 11.7. The molecule has 1 aliphatic rings. The zero-order valence-electron chi connectivity index (χ0n) is 31.0. The first-order chi connectivity index (χ1) is 25.2. The number of anilines is 3. The van der Waals surface area contributed by atoms with E-state index in [0.717, 1.165) is 34.8 Å². The third-order valence-corrected chi connectivity index (χ3v) is 10.9. The zero-order valence-corrected chi connectivity index (χ0v) is 31.0. The van der Waals surface area contributed by atoms with Crippen LogP contribution in [0.25, 0.3) is 55.6 Å². The van der Waals surface area contributed by atoms with Crippen LogP contribution in [0.2, 0.25) is 0 Å². The zero-order chi connectivity index (χ0) is 35.8. The van der Waals surface area contributed by atoms with Gasteiger partial charge < -0.3 is 14.4 Å². The van der Waals surface area contributed by atoms with Crippen molar-refractivity contribution in [3.05, 3.63) is 155 Å². The van der Waals surface area contributed by atoms with E-state index in [1.165, 1.54) is 77.9 Å². The third kappa shape index (κ3) is 4.95. The monoisotopic (exact) mass is 677 g/mol. The maximum atomic E-state index is 5.20. The summed E-state index contributed by atoms with van der Waals surface area (Å²) in [5.74, 6) is 0. The summed E-state index contributed by atoms with van der Waals surface area (Å²) in [4.78, 5) is 4.71. The lowest BCUT2D eigenvalue weighted by molar-refractivity contribution is 0.887. The number of hydrogen-bond donors (Lipinski definition) is 0. The van der Waals surface area contributed by atoms with E-state index < -0.39 is 0 Å². The fraction of sp³-hybridized carbons (Fsp3) is 0.170. The number of para-hydroxylation sites is 3. The molecule has 0 aliphatic carbocycles. The summed E-state index contributed by atoms with van der Waals surface area (Å²) in [5, 5.41) is 7.66. The van der Waals surface area contributed by atoms with Gasteiger partial charge in [-0.1, -0.05) is 77.9 Å². The molecule has 1 aliphatic heterocycles. The molecule has 0 unspecified atom stereocenters. The van der Waals surface area contributed by atoms with Crippen molar-refractivity contribution < 1.29 is 0 Å². The summed E-state index contributed by atoms with van der Waals surface area (Å²) >= 11 is 0. The highest BCUT2D eigenvalue weighted by atomic mass is 15.4. The summed E-state index contributed by atoms with van der Waals surface area (Å²) in [6.07, 6.45) is 2.08. The van der Waals surface area contributed by atoms with Crippen LogP contribution in [0.4, 0.5) is 17.1 Å². The van der Waals surface area contributed by atoms with Gasteiger partial charge in [0.15, 0.2) is 0 Å². The van der Waals surface area contributed by atoms with Crippen LogP contribution in [0.3, 0.4) is 0 Å². The maximum absolute atomic E-state index is 5.20. The van der Waals surface area contributed by atoms with Gasteiger partial charge in [-0.15, -0.1) is 0 Å². The standard InChI is InChI=1S/C47H43N5/c1-29-21-31(3)45(32(4)22-29)40-27-48-52(47(40)46-33(5)23-30(2)24-34(46)6)37-19-20-39-38-15-8-9-16-41(38)51(44(39)26-37)36-14-12-13-35(25-36)50-28-49(7)42-17-10-11-18-43(42)50/h8-27H,28H2,1-7H3. The molecule has 0 saturated heterocycles. The van der Waals surface area contributed by atoms with Crippen molar-refractivity contribution in [2.24, 2.45) is 0 Å². The number of fused-ring (bicyclic) bond motifs is 4. The van der Waals surface area contributed by atoms with Crippen LogP contribution >= 0.6 is 0 Å². The Hall–Kier alpha value is -6.07. The van der Waals surface area contributed by atoms with E-state index in [-0.39, 0.29) is 0 Å². The van der Waals surface area contributed by atoms with Crippen molar-refractivity contribution in [2.45, 2.75) is 41.5 Å². The second kappa shape index (κ2) is 12.0. The SMILES string of the molecule is Cc1cc(C)c(-c2cnn(-c3ccc4c5ccccc5n(-c5cccc(N6CN(C)c7ccccc76)c5)c4c3)c2-c2c(C)cc(C)cc2C)c(C)c1. The van der Waals surface area contributed by atoms with Crippen molar-refractivity contribution in [3.8, 4) is 33.8 Å². The van der Waals surface area contributed by atoms with Crippen LogP contribution < -0.4 is 9.80 Å². The van der Waals surface area contributed by atoms with Crippen LogP contribution in [0.15, 0.2) is 121 Å². The molecule has 3 heterocycles. The van der Waals surface area contributed by atoms with Crippen LogP contribution in [0.5, 0.6) is 0 Å². The highest BCUT2D eigenvalue weighted by Crippen LogP contribution is 2.43. The van der Waals surface area contributed by atoms with Gasteiger partial charge in [-0.3, -0.25) is 0 Å². The molecule has 0 spiro atoms. The highest BCUT2D eigenvalue weighted by Gasteiger charge is 2.26. The minimum absolute atomic E-state index is 0.808. The lowest BCUT2D eigenvalue weighted by Gasteiger charge is -2.21. The number of rotatable bonds is 5. The quantitative estimate of drug-likeness (QED) is 0.182. The first kappa shape index (κ1) is 31.9. The number of hydrogen-bond acceptors (Lipinski definition) is 3. The Morgan fingerprint density at radius 2 is 1.13 bits per heavy atom. The van der Waals surface area contributed by atoms with Gasteiger partial charge in [0.2, 0.25) is 0 Å². The van der Waals surface area contributed by atoms with Crippen molar-refractivity contribution in [3.63, 3.8) is 0 Å². The Morgan fingerprint density at radius 3 is 1.87 bits per heavy atom. The van der Waals surface area contributed by atoms with Gasteiger partial charge in [-0.2, -0.15) is 5.10 Å². The van der Waals surface area contributed by atoms with Gasteiger partial charge >= 0.3 is 0 Å². The minimum Gasteiger partial charge on any atom is -0.355 e. The molecule has 9 rings (SSSR count). The molecule has 8 aromatic rings. The van der Waals surface area contributed by atoms with Gasteiger partial charge in [0, 0.05) is 40.3 Å². The minimum atomic E-state index is 0.808. The Bertz CT molecular complexity index is 2660. The number of aryl methyl sites for hydroxylation is 6. The summed E-state index contributed by atoms with van der Waals surface area (Å²) < 4.78 is 4.59. The Morgan fingerprint density at radius 1 is 0.519 bits per heavy atom. The van der Waals surface area contributed by atoms with E-state index in [0.29, 0.717) is 0 Å². The second-order valence-electron chi connectivity index (χ2n) is 14.7. The Balaban J connectivity index is 1.27. The molecule has 256 valence electrons. The molecule has 5 nitrogen and oxygen atoms in total. The van der Waals surface area contributed by atoms with Gasteiger partial charge in [0.25, 0.3) is 0 Å². The van der Waals surface area contributed by atoms with Crippen LogP contribution in [-0.4, -0.2) is 28.1 Å². The maximum Gasteiger partial charge on any atom is 0.0950 e. The first-order valence-corrected chi connectivity index (χ1v) is 18.1. The molecule has 0 bridgehead atoms. The van der Waals surface area contributed by atoms with E-state index in [1.807, 2.05) is 0 Å². The van der Waals surface area contributed by atoms with Crippen molar-refractivity contribution in [1.82, 2.24) is 14.3 Å². The van der Waals surface area contributed by atoms with Crippen LogP contribution in [-0.2, 0) is 0 Å².